The lowest BCUT2D eigenvalue weighted by Crippen LogP contribution is -2.35. The van der Waals surface area contributed by atoms with Crippen LogP contribution in [0.25, 0.3) is 0 Å². The van der Waals surface area contributed by atoms with E-state index in [1.807, 2.05) is 21.0 Å². The van der Waals surface area contributed by atoms with Crippen molar-refractivity contribution in [2.24, 2.45) is 5.92 Å². The third kappa shape index (κ3) is 4.35. The summed E-state index contributed by atoms with van der Waals surface area (Å²) >= 11 is 1.73. The van der Waals surface area contributed by atoms with Gasteiger partial charge in [0.25, 0.3) is 0 Å². The molecule has 0 spiro atoms. The summed E-state index contributed by atoms with van der Waals surface area (Å²) in [5.41, 5.74) is 1.17. The van der Waals surface area contributed by atoms with E-state index in [0.29, 0.717) is 13.1 Å². The van der Waals surface area contributed by atoms with Crippen LogP contribution in [0.2, 0.25) is 0 Å². The molecule has 0 aliphatic rings. The van der Waals surface area contributed by atoms with Gasteiger partial charge in [-0.1, -0.05) is 19.1 Å². The van der Waals surface area contributed by atoms with Gasteiger partial charge in [-0.2, -0.15) is 0 Å². The van der Waals surface area contributed by atoms with Crippen molar-refractivity contribution in [1.29, 1.82) is 0 Å². The number of hydrogen-bond acceptors (Lipinski definition) is 3. The smallest absolute Gasteiger partial charge is 0.226 e. The molecule has 0 aliphatic heterocycles. The number of benzene rings is 1. The zero-order chi connectivity index (χ0) is 13.5. The van der Waals surface area contributed by atoms with Crippen molar-refractivity contribution in [3.63, 3.8) is 0 Å². The summed E-state index contributed by atoms with van der Waals surface area (Å²) in [4.78, 5) is 15.1. The van der Waals surface area contributed by atoms with Crippen LogP contribution in [0.1, 0.15) is 12.5 Å². The fraction of sp³-hybridized carbons (Fsp3) is 0.500. The van der Waals surface area contributed by atoms with Gasteiger partial charge in [-0.15, -0.1) is 11.8 Å². The Morgan fingerprint density at radius 3 is 2.50 bits per heavy atom. The monoisotopic (exact) mass is 266 g/mol. The third-order valence-electron chi connectivity index (χ3n) is 2.89. The summed E-state index contributed by atoms with van der Waals surface area (Å²) < 4.78 is 0. The molecular formula is C14H22N2OS. The Morgan fingerprint density at radius 1 is 1.39 bits per heavy atom. The lowest BCUT2D eigenvalue weighted by atomic mass is 10.1. The van der Waals surface area contributed by atoms with Crippen molar-refractivity contribution in [3.8, 4) is 0 Å². The molecule has 0 heterocycles. The molecule has 1 aromatic carbocycles. The highest BCUT2D eigenvalue weighted by Crippen LogP contribution is 2.16. The average Bonchev–Trinajstić information content (AvgIpc) is 2.39. The van der Waals surface area contributed by atoms with Crippen LogP contribution >= 0.6 is 11.8 Å². The maximum atomic E-state index is 12.0. The predicted molar refractivity (Wildman–Crippen MR) is 77.8 cm³/mol. The number of nitrogens with zero attached hydrogens (tertiary/aromatic N) is 1. The Morgan fingerprint density at radius 2 is 2.00 bits per heavy atom. The molecule has 1 N–H and O–H groups in total. The van der Waals surface area contributed by atoms with Gasteiger partial charge >= 0.3 is 0 Å². The van der Waals surface area contributed by atoms with Crippen LogP contribution in [0.3, 0.4) is 0 Å². The fourth-order valence-electron chi connectivity index (χ4n) is 1.85. The first-order valence-electron chi connectivity index (χ1n) is 6.11. The molecule has 1 amide bonds. The minimum atomic E-state index is 0.0190. The summed E-state index contributed by atoms with van der Waals surface area (Å²) in [6, 6.07) is 8.35. The lowest BCUT2D eigenvalue weighted by Gasteiger charge is -2.21. The number of rotatable bonds is 6. The molecule has 0 aromatic heterocycles. The van der Waals surface area contributed by atoms with Crippen LogP contribution in [0.4, 0.5) is 0 Å². The van der Waals surface area contributed by atoms with Gasteiger partial charge in [0.2, 0.25) is 5.91 Å². The molecular weight excluding hydrogens is 244 g/mol. The predicted octanol–water partition coefficient (Wildman–Crippen LogP) is 2.22. The number of nitrogens with one attached hydrogen (secondary N) is 1. The van der Waals surface area contributed by atoms with Gasteiger partial charge in [-0.05, 0) is 31.0 Å². The van der Waals surface area contributed by atoms with Crippen molar-refractivity contribution < 1.29 is 4.79 Å². The highest BCUT2D eigenvalue weighted by molar-refractivity contribution is 7.98. The summed E-state index contributed by atoms with van der Waals surface area (Å²) in [6.07, 6.45) is 2.06. The van der Waals surface area contributed by atoms with Crippen molar-refractivity contribution in [2.75, 3.05) is 26.9 Å². The van der Waals surface area contributed by atoms with Gasteiger partial charge in [0, 0.05) is 31.0 Å². The van der Waals surface area contributed by atoms with E-state index in [9.17, 15) is 4.79 Å². The van der Waals surface area contributed by atoms with E-state index >= 15 is 0 Å². The maximum Gasteiger partial charge on any atom is 0.226 e. The number of hydrogen-bond donors (Lipinski definition) is 1. The van der Waals surface area contributed by atoms with Crippen LogP contribution in [0.15, 0.2) is 29.2 Å². The molecule has 100 valence electrons. The van der Waals surface area contributed by atoms with Gasteiger partial charge in [0.1, 0.15) is 0 Å². The quantitative estimate of drug-likeness (QED) is 0.801. The molecule has 4 heteroatoms. The van der Waals surface area contributed by atoms with E-state index in [0.717, 1.165) is 0 Å². The second-order valence-corrected chi connectivity index (χ2v) is 5.38. The second kappa shape index (κ2) is 7.44. The summed E-state index contributed by atoms with van der Waals surface area (Å²) in [5.74, 6) is 0.198. The highest BCUT2D eigenvalue weighted by atomic mass is 32.2. The molecule has 0 fully saturated rings. The molecule has 18 heavy (non-hydrogen) atoms. The largest absolute Gasteiger partial charge is 0.341 e. The minimum Gasteiger partial charge on any atom is -0.341 e. The van der Waals surface area contributed by atoms with Crippen LogP contribution in [-0.2, 0) is 11.3 Å². The van der Waals surface area contributed by atoms with Gasteiger partial charge in [0.05, 0.1) is 0 Å². The first-order valence-corrected chi connectivity index (χ1v) is 7.33. The van der Waals surface area contributed by atoms with E-state index in [1.54, 1.807) is 16.7 Å². The van der Waals surface area contributed by atoms with Crippen LogP contribution < -0.4 is 5.32 Å². The van der Waals surface area contributed by atoms with Crippen LogP contribution in [0, 0.1) is 5.92 Å². The van der Waals surface area contributed by atoms with Gasteiger partial charge in [-0.3, -0.25) is 4.79 Å². The Kier molecular flexibility index (Phi) is 6.22. The SMILES string of the molecule is CNCC(C)C(=O)N(C)Cc1ccc(SC)cc1. The minimum absolute atomic E-state index is 0.0190. The lowest BCUT2D eigenvalue weighted by molar-refractivity contribution is -0.134. The second-order valence-electron chi connectivity index (χ2n) is 4.50. The molecule has 0 saturated heterocycles. The molecule has 3 nitrogen and oxygen atoms in total. The zero-order valence-electron chi connectivity index (χ0n) is 11.6. The fourth-order valence-corrected chi connectivity index (χ4v) is 2.26. The highest BCUT2D eigenvalue weighted by Gasteiger charge is 2.16. The van der Waals surface area contributed by atoms with Crippen LogP contribution in [-0.4, -0.2) is 37.7 Å². The third-order valence-corrected chi connectivity index (χ3v) is 3.63. The molecule has 0 saturated carbocycles. The normalized spacial score (nSPS) is 12.2. The molecule has 0 aliphatic carbocycles. The zero-order valence-corrected chi connectivity index (χ0v) is 12.4. The van der Waals surface area contributed by atoms with Crippen molar-refractivity contribution >= 4 is 17.7 Å². The van der Waals surface area contributed by atoms with Crippen LogP contribution in [0.5, 0.6) is 0 Å². The number of thioether (sulfide) groups is 1. The first-order chi connectivity index (χ1) is 8.58. The maximum absolute atomic E-state index is 12.0. The van der Waals surface area contributed by atoms with E-state index in [4.69, 9.17) is 0 Å². The molecule has 0 radical (unpaired) electrons. The van der Waals surface area contributed by atoms with E-state index < -0.39 is 0 Å². The van der Waals surface area contributed by atoms with E-state index in [2.05, 4.69) is 35.8 Å². The van der Waals surface area contributed by atoms with Crippen molar-refractivity contribution in [3.05, 3.63) is 29.8 Å². The Bertz CT molecular complexity index is 378. The Labute approximate surface area is 114 Å². The number of carbonyl (C=O) groups excluding carboxylic acids is 1. The standard InChI is InChI=1S/C14H22N2OS/c1-11(9-15-2)14(17)16(3)10-12-5-7-13(18-4)8-6-12/h5-8,11,15H,9-10H2,1-4H3. The number of carbonyl (C=O) groups is 1. The van der Waals surface area contributed by atoms with Gasteiger partial charge < -0.3 is 10.2 Å². The van der Waals surface area contributed by atoms with Gasteiger partial charge in [-0.25, -0.2) is 0 Å². The van der Waals surface area contributed by atoms with Crippen molar-refractivity contribution in [2.45, 2.75) is 18.4 Å². The van der Waals surface area contributed by atoms with E-state index in [1.165, 1.54) is 10.5 Å². The molecule has 1 rings (SSSR count). The number of amides is 1. The molecule has 0 bridgehead atoms. The Hall–Kier alpha value is -1.00. The molecule has 1 atom stereocenters. The molecule has 1 unspecified atom stereocenters. The molecule has 1 aromatic rings. The summed E-state index contributed by atoms with van der Waals surface area (Å²) in [6.45, 7) is 3.34. The Balaban J connectivity index is 2.57. The topological polar surface area (TPSA) is 32.3 Å². The summed E-state index contributed by atoms with van der Waals surface area (Å²) in [7, 11) is 3.72. The first kappa shape index (κ1) is 15.1. The summed E-state index contributed by atoms with van der Waals surface area (Å²) in [5, 5.41) is 3.03. The van der Waals surface area contributed by atoms with Gasteiger partial charge in [0.15, 0.2) is 0 Å². The van der Waals surface area contributed by atoms with E-state index in [-0.39, 0.29) is 11.8 Å². The average molecular weight is 266 g/mol. The van der Waals surface area contributed by atoms with Crippen molar-refractivity contribution in [1.82, 2.24) is 10.2 Å².